The van der Waals surface area contributed by atoms with Gasteiger partial charge in [0.15, 0.2) is 5.75 Å². The van der Waals surface area contributed by atoms with E-state index in [1.54, 1.807) is 6.07 Å². The maximum absolute atomic E-state index is 11.2. The van der Waals surface area contributed by atoms with Crippen LogP contribution in [0.4, 0.5) is 5.69 Å². The normalized spacial score (nSPS) is 10.2. The van der Waals surface area contributed by atoms with E-state index in [1.165, 1.54) is 12.1 Å². The van der Waals surface area contributed by atoms with Crippen molar-refractivity contribution in [3.8, 4) is 5.75 Å². The van der Waals surface area contributed by atoms with Crippen LogP contribution in [-0.2, 0) is 11.2 Å². The molecule has 0 aliphatic rings. The lowest BCUT2D eigenvalue weighted by molar-refractivity contribution is -0.385. The number of hydrogen-bond acceptors (Lipinski definition) is 5. The van der Waals surface area contributed by atoms with Crippen molar-refractivity contribution >= 4 is 11.6 Å². The van der Waals surface area contributed by atoms with Crippen LogP contribution in [0, 0.1) is 10.1 Å². The van der Waals surface area contributed by atoms with Crippen LogP contribution in [-0.4, -0.2) is 17.4 Å². The average molecular weight is 295 g/mol. The molecular weight excluding hydrogens is 274 g/mol. The van der Waals surface area contributed by atoms with Gasteiger partial charge in [-0.25, -0.2) is 5.84 Å². The fourth-order valence-corrected chi connectivity index (χ4v) is 1.89. The number of unbranched alkanes of at least 4 members (excludes halogenated alkanes) is 3. The standard InChI is InChI=1S/C14H21N3O4/c1-2-3-4-5-8-21-13-7-6-11(10-14(18)16-15)9-12(13)17(19)20/h6-7,9H,2-5,8,10,15H2,1H3,(H,16,18). The number of nitrogens with two attached hydrogens (primary N) is 1. The molecule has 0 saturated heterocycles. The van der Waals surface area contributed by atoms with Crippen molar-refractivity contribution in [3.05, 3.63) is 33.9 Å². The van der Waals surface area contributed by atoms with Gasteiger partial charge in [0, 0.05) is 6.07 Å². The number of carbonyl (C=O) groups excluding carboxylic acids is 1. The maximum Gasteiger partial charge on any atom is 0.311 e. The third-order valence-electron chi connectivity index (χ3n) is 3.00. The Hall–Kier alpha value is -2.15. The molecule has 0 aliphatic heterocycles. The molecule has 7 heteroatoms. The highest BCUT2D eigenvalue weighted by Crippen LogP contribution is 2.28. The van der Waals surface area contributed by atoms with E-state index in [9.17, 15) is 14.9 Å². The van der Waals surface area contributed by atoms with E-state index in [4.69, 9.17) is 10.6 Å². The van der Waals surface area contributed by atoms with Gasteiger partial charge in [0.2, 0.25) is 5.91 Å². The van der Waals surface area contributed by atoms with Gasteiger partial charge in [-0.2, -0.15) is 0 Å². The molecule has 1 aromatic carbocycles. The molecule has 0 aromatic heterocycles. The van der Waals surface area contributed by atoms with Gasteiger partial charge in [0.25, 0.3) is 0 Å². The van der Waals surface area contributed by atoms with Crippen LogP contribution in [0.15, 0.2) is 18.2 Å². The highest BCUT2D eigenvalue weighted by Gasteiger charge is 2.16. The van der Waals surface area contributed by atoms with E-state index in [0.717, 1.165) is 25.7 Å². The number of amides is 1. The van der Waals surface area contributed by atoms with E-state index >= 15 is 0 Å². The Morgan fingerprint density at radius 3 is 2.76 bits per heavy atom. The van der Waals surface area contributed by atoms with E-state index < -0.39 is 10.8 Å². The molecule has 0 heterocycles. The Labute approximate surface area is 123 Å². The molecule has 0 radical (unpaired) electrons. The zero-order valence-corrected chi connectivity index (χ0v) is 12.1. The summed E-state index contributed by atoms with van der Waals surface area (Å²) in [7, 11) is 0. The largest absolute Gasteiger partial charge is 0.487 e. The number of hydrazine groups is 1. The summed E-state index contributed by atoms with van der Waals surface area (Å²) in [5, 5.41) is 11.1. The van der Waals surface area contributed by atoms with Crippen molar-refractivity contribution < 1.29 is 14.5 Å². The number of ether oxygens (including phenoxy) is 1. The number of nitro benzene ring substituents is 1. The summed E-state index contributed by atoms with van der Waals surface area (Å²) in [6, 6.07) is 4.50. The average Bonchev–Trinajstić information content (AvgIpc) is 2.47. The van der Waals surface area contributed by atoms with E-state index in [2.05, 4.69) is 6.92 Å². The highest BCUT2D eigenvalue weighted by atomic mass is 16.6. The van der Waals surface area contributed by atoms with Crippen molar-refractivity contribution in [1.29, 1.82) is 0 Å². The predicted molar refractivity (Wildman–Crippen MR) is 78.8 cm³/mol. The summed E-state index contributed by atoms with van der Waals surface area (Å²) in [6.45, 7) is 2.56. The Balaban J connectivity index is 2.70. The molecule has 7 nitrogen and oxygen atoms in total. The van der Waals surface area contributed by atoms with Crippen molar-refractivity contribution in [3.63, 3.8) is 0 Å². The minimum atomic E-state index is -0.509. The molecule has 0 atom stereocenters. The molecule has 0 aliphatic carbocycles. The van der Waals surface area contributed by atoms with Crippen LogP contribution in [0.1, 0.15) is 38.2 Å². The predicted octanol–water partition coefficient (Wildman–Crippen LogP) is 2.09. The van der Waals surface area contributed by atoms with Crippen LogP contribution in [0.3, 0.4) is 0 Å². The van der Waals surface area contributed by atoms with Crippen molar-refractivity contribution in [2.75, 3.05) is 6.61 Å². The first-order valence-corrected chi connectivity index (χ1v) is 6.98. The van der Waals surface area contributed by atoms with Crippen LogP contribution in [0.25, 0.3) is 0 Å². The number of hydrogen-bond donors (Lipinski definition) is 2. The van der Waals surface area contributed by atoms with Gasteiger partial charge in [-0.1, -0.05) is 32.3 Å². The molecule has 0 unspecified atom stereocenters. The van der Waals surface area contributed by atoms with Gasteiger partial charge in [-0.05, 0) is 18.1 Å². The molecule has 0 spiro atoms. The lowest BCUT2D eigenvalue weighted by Crippen LogP contribution is -2.31. The first-order valence-electron chi connectivity index (χ1n) is 6.98. The molecule has 116 valence electrons. The van der Waals surface area contributed by atoms with Crippen molar-refractivity contribution in [1.82, 2.24) is 5.43 Å². The Bertz CT molecular complexity index is 491. The van der Waals surface area contributed by atoms with Crippen molar-refractivity contribution in [2.45, 2.75) is 39.0 Å². The molecule has 1 rings (SSSR count). The third kappa shape index (κ3) is 5.78. The SMILES string of the molecule is CCCCCCOc1ccc(CC(=O)NN)cc1[N+](=O)[O-]. The number of rotatable bonds is 9. The van der Waals surface area contributed by atoms with Crippen LogP contribution < -0.4 is 16.0 Å². The van der Waals surface area contributed by atoms with Gasteiger partial charge < -0.3 is 4.74 Å². The second kappa shape index (κ2) is 8.91. The zero-order chi connectivity index (χ0) is 15.7. The third-order valence-corrected chi connectivity index (χ3v) is 3.00. The van der Waals surface area contributed by atoms with Crippen molar-refractivity contribution in [2.24, 2.45) is 5.84 Å². The topological polar surface area (TPSA) is 107 Å². The summed E-state index contributed by atoms with van der Waals surface area (Å²) in [5.41, 5.74) is 2.38. The molecule has 0 fully saturated rings. The second-order valence-corrected chi connectivity index (χ2v) is 4.71. The minimum Gasteiger partial charge on any atom is -0.487 e. The van der Waals surface area contributed by atoms with E-state index in [1.807, 2.05) is 5.43 Å². The molecule has 1 amide bonds. The number of nitro groups is 1. The van der Waals surface area contributed by atoms with Gasteiger partial charge in [0.1, 0.15) is 0 Å². The molecule has 1 aromatic rings. The number of nitrogens with zero attached hydrogens (tertiary/aromatic N) is 1. The first kappa shape index (κ1) is 16.9. The second-order valence-electron chi connectivity index (χ2n) is 4.71. The maximum atomic E-state index is 11.2. The molecular formula is C14H21N3O4. The van der Waals surface area contributed by atoms with E-state index in [-0.39, 0.29) is 17.9 Å². The van der Waals surface area contributed by atoms with Gasteiger partial charge in [-0.15, -0.1) is 0 Å². The Kier molecular flexibility index (Phi) is 7.17. The fourth-order valence-electron chi connectivity index (χ4n) is 1.89. The highest BCUT2D eigenvalue weighted by molar-refractivity contribution is 5.78. The smallest absolute Gasteiger partial charge is 0.311 e. The van der Waals surface area contributed by atoms with Crippen LogP contribution in [0.5, 0.6) is 5.75 Å². The van der Waals surface area contributed by atoms with Gasteiger partial charge >= 0.3 is 5.69 Å². The zero-order valence-electron chi connectivity index (χ0n) is 12.1. The number of carbonyl (C=O) groups is 1. The summed E-state index contributed by atoms with van der Waals surface area (Å²) in [5.74, 6) is 4.82. The van der Waals surface area contributed by atoms with Crippen LogP contribution >= 0.6 is 0 Å². The fraction of sp³-hybridized carbons (Fsp3) is 0.500. The summed E-state index contributed by atoms with van der Waals surface area (Å²) in [4.78, 5) is 21.7. The monoisotopic (exact) mass is 295 g/mol. The van der Waals surface area contributed by atoms with E-state index in [0.29, 0.717) is 12.2 Å². The lowest BCUT2D eigenvalue weighted by atomic mass is 10.1. The Morgan fingerprint density at radius 2 is 2.14 bits per heavy atom. The minimum absolute atomic E-state index is 0.00583. The Morgan fingerprint density at radius 1 is 1.38 bits per heavy atom. The summed E-state index contributed by atoms with van der Waals surface area (Å²) in [6.07, 6.45) is 4.14. The summed E-state index contributed by atoms with van der Waals surface area (Å²) < 4.78 is 5.46. The molecule has 21 heavy (non-hydrogen) atoms. The summed E-state index contributed by atoms with van der Waals surface area (Å²) >= 11 is 0. The lowest BCUT2D eigenvalue weighted by Gasteiger charge is -2.08. The first-order chi connectivity index (χ1) is 10.1. The molecule has 3 N–H and O–H groups in total. The molecule has 0 bridgehead atoms. The van der Waals surface area contributed by atoms with Gasteiger partial charge in [-0.3, -0.25) is 20.3 Å². The molecule has 0 saturated carbocycles. The quantitative estimate of drug-likeness (QED) is 0.238. The number of nitrogens with one attached hydrogen (secondary N) is 1. The van der Waals surface area contributed by atoms with Gasteiger partial charge in [0.05, 0.1) is 18.0 Å². The number of benzene rings is 1. The van der Waals surface area contributed by atoms with Crippen LogP contribution in [0.2, 0.25) is 0 Å².